The Morgan fingerprint density at radius 1 is 1.24 bits per heavy atom. The molecule has 1 aromatic heterocycles. The van der Waals surface area contributed by atoms with Crippen LogP contribution in [0.3, 0.4) is 0 Å². The third-order valence-electron chi connectivity index (χ3n) is 4.01. The van der Waals surface area contributed by atoms with Crippen molar-refractivity contribution < 1.29 is 14.6 Å². The first-order valence-electron chi connectivity index (χ1n) is 8.09. The monoisotopic (exact) mass is 336 g/mol. The van der Waals surface area contributed by atoms with Crippen molar-refractivity contribution in [2.24, 2.45) is 5.73 Å². The Labute approximate surface area is 146 Å². The number of fused-ring (bicyclic) bond motifs is 1. The summed E-state index contributed by atoms with van der Waals surface area (Å²) in [5.74, 6) is -0.697. The second kappa shape index (κ2) is 7.32. The lowest BCUT2D eigenvalue weighted by atomic mass is 10.0. The molecule has 0 amide bonds. The summed E-state index contributed by atoms with van der Waals surface area (Å²) in [7, 11) is 0. The zero-order valence-corrected chi connectivity index (χ0v) is 14.0. The summed E-state index contributed by atoms with van der Waals surface area (Å²) in [5.41, 5.74) is 8.16. The number of pyridine rings is 1. The van der Waals surface area contributed by atoms with Gasteiger partial charge in [0.2, 0.25) is 0 Å². The highest BCUT2D eigenvalue weighted by atomic mass is 16.5. The summed E-state index contributed by atoms with van der Waals surface area (Å²) < 4.78 is 5.75. The van der Waals surface area contributed by atoms with Crippen molar-refractivity contribution in [3.8, 4) is 5.75 Å². The zero-order chi connectivity index (χ0) is 17.8. The summed E-state index contributed by atoms with van der Waals surface area (Å²) in [6.45, 7) is 2.07. The molecule has 128 valence electrons. The molecule has 5 nitrogen and oxygen atoms in total. The molecule has 1 heterocycles. The number of carboxylic acid groups (broad SMARTS) is 1. The van der Waals surface area contributed by atoms with Crippen LogP contribution in [0.2, 0.25) is 0 Å². The van der Waals surface area contributed by atoms with Crippen molar-refractivity contribution in [3.05, 3.63) is 71.5 Å². The lowest BCUT2D eigenvalue weighted by Crippen LogP contribution is -2.30. The Balaban J connectivity index is 1.81. The second-order valence-electron chi connectivity index (χ2n) is 6.05. The number of nitrogens with zero attached hydrogens (tertiary/aromatic N) is 1. The molecular formula is C20H20N2O3. The summed E-state index contributed by atoms with van der Waals surface area (Å²) in [6.07, 6.45) is 2.34. The molecule has 0 aliphatic heterocycles. The summed E-state index contributed by atoms with van der Waals surface area (Å²) >= 11 is 0. The van der Waals surface area contributed by atoms with Crippen LogP contribution in [0.25, 0.3) is 10.8 Å². The van der Waals surface area contributed by atoms with E-state index in [0.29, 0.717) is 17.6 Å². The lowest BCUT2D eigenvalue weighted by molar-refractivity contribution is 0.0694. The maximum Gasteiger partial charge on any atom is 0.340 e. The van der Waals surface area contributed by atoms with Crippen LogP contribution >= 0.6 is 0 Å². The average molecular weight is 336 g/mol. The van der Waals surface area contributed by atoms with Gasteiger partial charge < -0.3 is 15.6 Å². The van der Waals surface area contributed by atoms with Crippen molar-refractivity contribution in [1.29, 1.82) is 0 Å². The number of aromatic nitrogens is 1. The summed E-state index contributed by atoms with van der Waals surface area (Å²) in [6, 6.07) is 14.9. The Morgan fingerprint density at radius 3 is 2.72 bits per heavy atom. The second-order valence-corrected chi connectivity index (χ2v) is 6.05. The Hall–Kier alpha value is -2.92. The molecule has 5 heteroatoms. The van der Waals surface area contributed by atoms with Gasteiger partial charge in [-0.1, -0.05) is 30.3 Å². The van der Waals surface area contributed by atoms with Crippen LogP contribution in [0.4, 0.5) is 0 Å². The number of hydrogen-bond acceptors (Lipinski definition) is 4. The number of ether oxygens (including phenoxy) is 1. The predicted molar refractivity (Wildman–Crippen MR) is 97.1 cm³/mol. The number of carbonyl (C=O) groups is 1. The molecule has 0 spiro atoms. The number of benzene rings is 2. The van der Waals surface area contributed by atoms with Crippen LogP contribution < -0.4 is 10.5 Å². The van der Waals surface area contributed by atoms with Gasteiger partial charge >= 0.3 is 5.97 Å². The maximum atomic E-state index is 11.8. The number of nitrogens with two attached hydrogens (primary N) is 1. The first-order chi connectivity index (χ1) is 12.0. The zero-order valence-electron chi connectivity index (χ0n) is 14.0. The van der Waals surface area contributed by atoms with Crippen LogP contribution in [0.5, 0.6) is 5.75 Å². The van der Waals surface area contributed by atoms with Crippen molar-refractivity contribution in [2.75, 3.05) is 6.61 Å². The fourth-order valence-corrected chi connectivity index (χ4v) is 2.81. The van der Waals surface area contributed by atoms with Crippen LogP contribution in [0, 0.1) is 6.92 Å². The predicted octanol–water partition coefficient (Wildman–Crippen LogP) is 3.19. The number of aromatic carboxylic acids is 1. The average Bonchev–Trinajstić information content (AvgIpc) is 2.59. The summed E-state index contributed by atoms with van der Waals surface area (Å²) in [5, 5.41) is 11.0. The topological polar surface area (TPSA) is 85.4 Å². The van der Waals surface area contributed by atoms with Crippen LogP contribution in [0.15, 0.2) is 54.7 Å². The van der Waals surface area contributed by atoms with E-state index in [-0.39, 0.29) is 18.2 Å². The fraction of sp³-hybridized carbons (Fsp3) is 0.200. The van der Waals surface area contributed by atoms with Crippen LogP contribution in [-0.2, 0) is 6.42 Å². The van der Waals surface area contributed by atoms with Gasteiger partial charge in [0.15, 0.2) is 0 Å². The highest BCUT2D eigenvalue weighted by Crippen LogP contribution is 2.28. The molecule has 0 bridgehead atoms. The molecular weight excluding hydrogens is 316 g/mol. The van der Waals surface area contributed by atoms with Gasteiger partial charge in [0.05, 0.1) is 0 Å². The van der Waals surface area contributed by atoms with E-state index >= 15 is 0 Å². The fourth-order valence-electron chi connectivity index (χ4n) is 2.81. The molecule has 0 aliphatic rings. The minimum atomic E-state index is -1.03. The van der Waals surface area contributed by atoms with E-state index in [9.17, 15) is 9.90 Å². The standard InChI is InChI=1S/C20H20N2O3/c1-13-9-17-15(11-22-13)7-8-18(19(17)20(23)24)25-12-16(21)10-14-5-3-2-4-6-14/h2-9,11,16H,10,12,21H2,1H3,(H,23,24)/t16-/m1/s1. The molecule has 25 heavy (non-hydrogen) atoms. The minimum absolute atomic E-state index is 0.148. The van der Waals surface area contributed by atoms with Crippen molar-refractivity contribution >= 4 is 16.7 Å². The van der Waals surface area contributed by atoms with Crippen molar-refractivity contribution in [3.63, 3.8) is 0 Å². The number of carboxylic acids is 1. The maximum absolute atomic E-state index is 11.8. The van der Waals surface area contributed by atoms with Crippen LogP contribution in [0.1, 0.15) is 21.6 Å². The van der Waals surface area contributed by atoms with Gasteiger partial charge in [0, 0.05) is 28.7 Å². The van der Waals surface area contributed by atoms with Gasteiger partial charge in [-0.15, -0.1) is 0 Å². The van der Waals surface area contributed by atoms with E-state index in [4.69, 9.17) is 10.5 Å². The molecule has 0 unspecified atom stereocenters. The van der Waals surface area contributed by atoms with Crippen LogP contribution in [-0.4, -0.2) is 28.7 Å². The first-order valence-corrected chi connectivity index (χ1v) is 8.09. The molecule has 3 aromatic rings. The quantitative estimate of drug-likeness (QED) is 0.722. The van der Waals surface area contributed by atoms with E-state index in [1.165, 1.54) is 0 Å². The lowest BCUT2D eigenvalue weighted by Gasteiger charge is -2.16. The minimum Gasteiger partial charge on any atom is -0.491 e. The first kappa shape index (κ1) is 16.9. The molecule has 0 fully saturated rings. The number of hydrogen-bond donors (Lipinski definition) is 2. The van der Waals surface area contributed by atoms with E-state index in [2.05, 4.69) is 4.98 Å². The van der Waals surface area contributed by atoms with Crippen molar-refractivity contribution in [1.82, 2.24) is 4.98 Å². The van der Waals surface area contributed by atoms with Crippen molar-refractivity contribution in [2.45, 2.75) is 19.4 Å². The molecule has 0 aliphatic carbocycles. The third kappa shape index (κ3) is 3.95. The van der Waals surface area contributed by atoms with E-state index < -0.39 is 5.97 Å². The molecule has 0 saturated heterocycles. The van der Waals surface area contributed by atoms with Gasteiger partial charge in [0.1, 0.15) is 17.9 Å². The largest absolute Gasteiger partial charge is 0.491 e. The third-order valence-corrected chi connectivity index (χ3v) is 4.01. The highest BCUT2D eigenvalue weighted by Gasteiger charge is 2.17. The van der Waals surface area contributed by atoms with Gasteiger partial charge in [-0.25, -0.2) is 4.79 Å². The Bertz CT molecular complexity index is 894. The van der Waals surface area contributed by atoms with E-state index in [0.717, 1.165) is 16.6 Å². The Morgan fingerprint density at radius 2 is 2.00 bits per heavy atom. The normalized spacial score (nSPS) is 12.1. The Kier molecular flexibility index (Phi) is 4.95. The number of aryl methyl sites for hydroxylation is 1. The van der Waals surface area contributed by atoms with E-state index in [1.54, 1.807) is 18.3 Å². The molecule has 3 N–H and O–H groups in total. The van der Waals surface area contributed by atoms with Gasteiger partial charge in [-0.05, 0) is 37.1 Å². The van der Waals surface area contributed by atoms with Gasteiger partial charge in [0.25, 0.3) is 0 Å². The molecule has 3 rings (SSSR count). The molecule has 0 saturated carbocycles. The molecule has 1 atom stereocenters. The SMILES string of the molecule is Cc1cc2c(C(=O)O)c(OC[C@H](N)Cc3ccccc3)ccc2cn1. The molecule has 0 radical (unpaired) electrons. The summed E-state index contributed by atoms with van der Waals surface area (Å²) in [4.78, 5) is 16.0. The smallest absolute Gasteiger partial charge is 0.340 e. The highest BCUT2D eigenvalue weighted by molar-refractivity contribution is 6.06. The number of rotatable bonds is 6. The van der Waals surface area contributed by atoms with Gasteiger partial charge in [-0.3, -0.25) is 4.98 Å². The van der Waals surface area contributed by atoms with E-state index in [1.807, 2.05) is 43.3 Å². The molecule has 2 aromatic carbocycles. The van der Waals surface area contributed by atoms with Gasteiger partial charge in [-0.2, -0.15) is 0 Å².